The second kappa shape index (κ2) is 12.7. The summed E-state index contributed by atoms with van der Waals surface area (Å²) in [5.41, 5.74) is 5.04. The number of benzene rings is 2. The van der Waals surface area contributed by atoms with Crippen LogP contribution < -0.4 is 9.80 Å². The SMILES string of the molecule is CCN(CCO[Si](C)(C)O[Si](C)(C)OCCN(CC)c1cccc(C)c1)c1cccc(C)c1. The van der Waals surface area contributed by atoms with Gasteiger partial charge in [0.25, 0.3) is 0 Å². The fourth-order valence-corrected chi connectivity index (χ4v) is 10.4. The van der Waals surface area contributed by atoms with E-state index in [1.165, 1.54) is 22.5 Å². The maximum absolute atomic E-state index is 6.50. The van der Waals surface area contributed by atoms with E-state index in [1.807, 2.05) is 0 Å². The van der Waals surface area contributed by atoms with Crippen LogP contribution >= 0.6 is 0 Å². The molecule has 0 saturated heterocycles. The predicted molar refractivity (Wildman–Crippen MR) is 146 cm³/mol. The smallest absolute Gasteiger partial charge is 0.323 e. The molecular weight excluding hydrogens is 444 g/mol. The van der Waals surface area contributed by atoms with E-state index in [0.717, 1.165) is 26.2 Å². The fourth-order valence-electron chi connectivity index (χ4n) is 4.04. The lowest BCUT2D eigenvalue weighted by atomic mass is 10.2. The second-order valence-corrected chi connectivity index (χ2v) is 16.4. The van der Waals surface area contributed by atoms with E-state index >= 15 is 0 Å². The summed E-state index contributed by atoms with van der Waals surface area (Å²) in [6.07, 6.45) is 0. The van der Waals surface area contributed by atoms with Gasteiger partial charge >= 0.3 is 17.1 Å². The lowest BCUT2D eigenvalue weighted by molar-refractivity contribution is 0.200. The summed E-state index contributed by atoms with van der Waals surface area (Å²) >= 11 is 0. The topological polar surface area (TPSA) is 34.2 Å². The number of anilines is 2. The standard InChI is InChI=1S/C26H44N2O3Si2/c1-9-27(25-15-11-13-23(3)21-25)17-19-29-32(5,6)31-33(7,8)30-20-18-28(10-2)26-16-12-14-24(4)22-26/h11-16,21-22H,9-10,17-20H2,1-8H3. The molecule has 2 aromatic rings. The van der Waals surface area contributed by atoms with Crippen LogP contribution in [-0.4, -0.2) is 56.5 Å². The number of nitrogens with zero attached hydrogens (tertiary/aromatic N) is 2. The Hall–Kier alpha value is -1.65. The molecule has 0 N–H and O–H groups in total. The van der Waals surface area contributed by atoms with Crippen LogP contribution in [0.2, 0.25) is 26.2 Å². The van der Waals surface area contributed by atoms with Crippen LogP contribution in [0, 0.1) is 13.8 Å². The molecule has 0 radical (unpaired) electrons. The monoisotopic (exact) mass is 488 g/mol. The maximum Gasteiger partial charge on any atom is 0.323 e. The minimum atomic E-state index is -2.29. The molecule has 0 spiro atoms. The van der Waals surface area contributed by atoms with E-state index in [-0.39, 0.29) is 0 Å². The summed E-state index contributed by atoms with van der Waals surface area (Å²) in [6.45, 7) is 22.0. The highest BCUT2D eigenvalue weighted by molar-refractivity contribution is 6.78. The van der Waals surface area contributed by atoms with Crippen LogP contribution in [-0.2, 0) is 13.0 Å². The van der Waals surface area contributed by atoms with Crippen molar-refractivity contribution in [3.63, 3.8) is 0 Å². The van der Waals surface area contributed by atoms with Crippen LogP contribution in [0.5, 0.6) is 0 Å². The van der Waals surface area contributed by atoms with Crippen molar-refractivity contribution in [3.05, 3.63) is 59.7 Å². The first-order chi connectivity index (χ1) is 15.5. The van der Waals surface area contributed by atoms with Gasteiger partial charge in [-0.3, -0.25) is 0 Å². The van der Waals surface area contributed by atoms with Crippen molar-refractivity contribution in [2.75, 3.05) is 49.2 Å². The van der Waals surface area contributed by atoms with Crippen molar-refractivity contribution in [2.24, 2.45) is 0 Å². The van der Waals surface area contributed by atoms with E-state index in [4.69, 9.17) is 13.0 Å². The predicted octanol–water partition coefficient (Wildman–Crippen LogP) is 6.11. The van der Waals surface area contributed by atoms with Crippen LogP contribution in [0.15, 0.2) is 48.5 Å². The summed E-state index contributed by atoms with van der Waals surface area (Å²) in [5.74, 6) is 0. The third-order valence-electron chi connectivity index (χ3n) is 5.61. The molecule has 0 fully saturated rings. The Labute approximate surface area is 204 Å². The second-order valence-electron chi connectivity index (χ2n) is 9.44. The fraction of sp³-hybridized carbons (Fsp3) is 0.538. The Morgan fingerprint density at radius 1 is 0.667 bits per heavy atom. The highest BCUT2D eigenvalue weighted by atomic mass is 28.5. The molecule has 0 aromatic heterocycles. The molecule has 0 aliphatic rings. The number of hydrogen-bond donors (Lipinski definition) is 0. The van der Waals surface area contributed by atoms with Crippen LogP contribution in [0.25, 0.3) is 0 Å². The van der Waals surface area contributed by atoms with Gasteiger partial charge in [-0.2, -0.15) is 0 Å². The number of aryl methyl sites for hydroxylation is 2. The van der Waals surface area contributed by atoms with Gasteiger partial charge in [-0.1, -0.05) is 24.3 Å². The number of hydrogen-bond acceptors (Lipinski definition) is 5. The van der Waals surface area contributed by atoms with Gasteiger partial charge in [0.05, 0.1) is 13.2 Å². The maximum atomic E-state index is 6.50. The average Bonchev–Trinajstić information content (AvgIpc) is 2.73. The van der Waals surface area contributed by atoms with Crippen molar-refractivity contribution >= 4 is 28.5 Å². The third kappa shape index (κ3) is 9.62. The van der Waals surface area contributed by atoms with Gasteiger partial charge < -0.3 is 22.8 Å². The quantitative estimate of drug-likeness (QED) is 0.300. The van der Waals surface area contributed by atoms with E-state index in [0.29, 0.717) is 13.2 Å². The lowest BCUT2D eigenvalue weighted by Gasteiger charge is -2.34. The van der Waals surface area contributed by atoms with Gasteiger partial charge in [0.15, 0.2) is 0 Å². The molecule has 5 nitrogen and oxygen atoms in total. The summed E-state index contributed by atoms with van der Waals surface area (Å²) in [5, 5.41) is 0. The van der Waals surface area contributed by atoms with E-state index in [2.05, 4.69) is 112 Å². The molecule has 0 aliphatic carbocycles. The minimum Gasteiger partial charge on any atom is -0.415 e. The molecule has 184 valence electrons. The van der Waals surface area contributed by atoms with E-state index in [9.17, 15) is 0 Å². The molecule has 0 bridgehead atoms. The van der Waals surface area contributed by atoms with Gasteiger partial charge in [-0.05, 0) is 89.3 Å². The Bertz CT molecular complexity index is 791. The van der Waals surface area contributed by atoms with Gasteiger partial charge in [0.2, 0.25) is 0 Å². The molecule has 0 aliphatic heterocycles. The molecule has 0 heterocycles. The summed E-state index contributed by atoms with van der Waals surface area (Å²) in [7, 11) is -4.58. The third-order valence-corrected chi connectivity index (χ3v) is 11.3. The van der Waals surface area contributed by atoms with Crippen LogP contribution in [0.1, 0.15) is 25.0 Å². The van der Waals surface area contributed by atoms with E-state index in [1.54, 1.807) is 0 Å². The molecule has 2 rings (SSSR count). The molecule has 0 atom stereocenters. The minimum absolute atomic E-state index is 0.655. The Morgan fingerprint density at radius 2 is 1.06 bits per heavy atom. The lowest BCUT2D eigenvalue weighted by Crippen LogP contribution is -2.50. The van der Waals surface area contributed by atoms with Crippen molar-refractivity contribution in [2.45, 2.75) is 53.9 Å². The molecule has 33 heavy (non-hydrogen) atoms. The normalized spacial score (nSPS) is 12.1. The Morgan fingerprint density at radius 3 is 1.39 bits per heavy atom. The molecule has 0 amide bonds. The number of likely N-dealkylation sites (N-methyl/N-ethyl adjacent to an activating group) is 2. The van der Waals surface area contributed by atoms with Gasteiger partial charge in [0, 0.05) is 37.6 Å². The first kappa shape index (κ1) is 27.6. The van der Waals surface area contributed by atoms with Gasteiger partial charge in [0.1, 0.15) is 0 Å². The first-order valence-electron chi connectivity index (χ1n) is 12.2. The highest BCUT2D eigenvalue weighted by Gasteiger charge is 2.36. The zero-order valence-corrected chi connectivity index (χ0v) is 24.0. The molecule has 0 unspecified atom stereocenters. The summed E-state index contributed by atoms with van der Waals surface area (Å²) in [4.78, 5) is 4.70. The zero-order chi connectivity index (χ0) is 24.5. The van der Waals surface area contributed by atoms with E-state index < -0.39 is 17.1 Å². The van der Waals surface area contributed by atoms with Gasteiger partial charge in [-0.25, -0.2) is 0 Å². The van der Waals surface area contributed by atoms with Crippen LogP contribution in [0.3, 0.4) is 0 Å². The Kier molecular flexibility index (Phi) is 10.6. The molecular formula is C26H44N2O3Si2. The Balaban J connectivity index is 1.81. The highest BCUT2D eigenvalue weighted by Crippen LogP contribution is 2.20. The zero-order valence-electron chi connectivity index (χ0n) is 22.0. The van der Waals surface area contributed by atoms with Crippen molar-refractivity contribution in [1.82, 2.24) is 0 Å². The summed E-state index contributed by atoms with van der Waals surface area (Å²) in [6, 6.07) is 17.3. The van der Waals surface area contributed by atoms with Crippen LogP contribution in [0.4, 0.5) is 11.4 Å². The number of rotatable bonds is 14. The first-order valence-corrected chi connectivity index (χ1v) is 17.8. The molecule has 0 saturated carbocycles. The molecule has 2 aromatic carbocycles. The van der Waals surface area contributed by atoms with Crippen molar-refractivity contribution < 1.29 is 13.0 Å². The summed E-state index contributed by atoms with van der Waals surface area (Å²) < 4.78 is 19.1. The van der Waals surface area contributed by atoms with Crippen molar-refractivity contribution in [3.8, 4) is 0 Å². The van der Waals surface area contributed by atoms with Crippen molar-refractivity contribution in [1.29, 1.82) is 0 Å². The average molecular weight is 489 g/mol. The largest absolute Gasteiger partial charge is 0.415 e. The van der Waals surface area contributed by atoms with Gasteiger partial charge in [-0.15, -0.1) is 0 Å². The molecule has 7 heteroatoms.